The molecular weight excluding hydrogens is 232 g/mol. The van der Waals surface area contributed by atoms with Gasteiger partial charge in [0.1, 0.15) is 0 Å². The van der Waals surface area contributed by atoms with Gasteiger partial charge >= 0.3 is 5.97 Å². The fraction of sp³-hybridized carbons (Fsp3) is 0.929. The summed E-state index contributed by atoms with van der Waals surface area (Å²) in [6.07, 6.45) is 8.79. The van der Waals surface area contributed by atoms with Gasteiger partial charge in [0, 0.05) is 12.2 Å². The van der Waals surface area contributed by atoms with Crippen molar-refractivity contribution in [3.63, 3.8) is 0 Å². The predicted molar refractivity (Wildman–Crippen MR) is 76.5 cm³/mol. The van der Waals surface area contributed by atoms with Gasteiger partial charge in [-0.2, -0.15) is 11.8 Å². The predicted octanol–water partition coefficient (Wildman–Crippen LogP) is 4.42. The van der Waals surface area contributed by atoms with Gasteiger partial charge in [-0.15, -0.1) is 0 Å². The summed E-state index contributed by atoms with van der Waals surface area (Å²) in [4.78, 5) is 10.7. The number of hydrogen-bond donors (Lipinski definition) is 0. The molecule has 0 aromatic heterocycles. The molecular formula is C14H28O2S. The Labute approximate surface area is 111 Å². The number of ether oxygens (including phenoxy) is 1. The standard InChI is InChI=1S/C14H28O2S/c1-4-6-7-8-12-17-14(9-5-2)10-11-16-13(3)15/h14H,4-12H2,1-3H3. The van der Waals surface area contributed by atoms with Gasteiger partial charge in [0.15, 0.2) is 0 Å². The van der Waals surface area contributed by atoms with E-state index in [9.17, 15) is 4.79 Å². The highest BCUT2D eigenvalue weighted by Crippen LogP contribution is 2.21. The molecule has 0 aliphatic rings. The molecule has 0 aliphatic heterocycles. The van der Waals surface area contributed by atoms with Crippen molar-refractivity contribution < 1.29 is 9.53 Å². The van der Waals surface area contributed by atoms with Crippen molar-refractivity contribution in [2.24, 2.45) is 0 Å². The first-order chi connectivity index (χ1) is 8.20. The number of thioether (sulfide) groups is 1. The maximum Gasteiger partial charge on any atom is 0.302 e. The molecule has 1 unspecified atom stereocenters. The van der Waals surface area contributed by atoms with Crippen LogP contribution in [0, 0.1) is 0 Å². The molecule has 0 rings (SSSR count). The van der Waals surface area contributed by atoms with Crippen LogP contribution >= 0.6 is 11.8 Å². The first-order valence-corrected chi connectivity index (χ1v) is 8.00. The lowest BCUT2D eigenvalue weighted by Crippen LogP contribution is -2.10. The molecule has 3 heteroatoms. The fourth-order valence-electron chi connectivity index (χ4n) is 1.75. The van der Waals surface area contributed by atoms with Crippen LogP contribution in [-0.4, -0.2) is 23.6 Å². The Morgan fingerprint density at radius 1 is 1.12 bits per heavy atom. The maximum absolute atomic E-state index is 10.7. The van der Waals surface area contributed by atoms with Crippen LogP contribution in [0.4, 0.5) is 0 Å². The minimum atomic E-state index is -0.159. The Kier molecular flexibility index (Phi) is 12.2. The number of carbonyl (C=O) groups excluding carboxylic acids is 1. The minimum absolute atomic E-state index is 0.159. The van der Waals surface area contributed by atoms with Crippen molar-refractivity contribution in [1.82, 2.24) is 0 Å². The van der Waals surface area contributed by atoms with Crippen molar-refractivity contribution in [2.75, 3.05) is 12.4 Å². The normalized spacial score (nSPS) is 12.4. The molecule has 0 aromatic carbocycles. The van der Waals surface area contributed by atoms with Crippen LogP contribution in [-0.2, 0) is 9.53 Å². The van der Waals surface area contributed by atoms with Crippen LogP contribution in [0.2, 0.25) is 0 Å². The molecule has 1 atom stereocenters. The molecule has 0 heterocycles. The van der Waals surface area contributed by atoms with E-state index in [1.54, 1.807) is 0 Å². The fourth-order valence-corrected chi connectivity index (χ4v) is 3.12. The van der Waals surface area contributed by atoms with Crippen molar-refractivity contribution >= 4 is 17.7 Å². The van der Waals surface area contributed by atoms with E-state index in [4.69, 9.17) is 4.74 Å². The molecule has 0 radical (unpaired) electrons. The Balaban J connectivity index is 3.55. The molecule has 102 valence electrons. The van der Waals surface area contributed by atoms with E-state index in [0.29, 0.717) is 11.9 Å². The van der Waals surface area contributed by atoms with Gasteiger partial charge in [0.2, 0.25) is 0 Å². The molecule has 0 aromatic rings. The largest absolute Gasteiger partial charge is 0.466 e. The molecule has 0 saturated carbocycles. The van der Waals surface area contributed by atoms with Crippen LogP contribution in [0.3, 0.4) is 0 Å². The lowest BCUT2D eigenvalue weighted by atomic mass is 10.2. The summed E-state index contributed by atoms with van der Waals surface area (Å²) in [5.74, 6) is 1.10. The number of rotatable bonds is 11. The smallest absolute Gasteiger partial charge is 0.302 e. The van der Waals surface area contributed by atoms with Gasteiger partial charge < -0.3 is 4.74 Å². The van der Waals surface area contributed by atoms with Crippen molar-refractivity contribution in [3.8, 4) is 0 Å². The summed E-state index contributed by atoms with van der Waals surface area (Å²) in [6.45, 7) is 6.53. The number of unbranched alkanes of at least 4 members (excludes halogenated alkanes) is 3. The molecule has 0 spiro atoms. The van der Waals surface area contributed by atoms with Crippen LogP contribution < -0.4 is 0 Å². The van der Waals surface area contributed by atoms with Crippen molar-refractivity contribution in [2.45, 2.75) is 71.0 Å². The van der Waals surface area contributed by atoms with E-state index < -0.39 is 0 Å². The molecule has 17 heavy (non-hydrogen) atoms. The van der Waals surface area contributed by atoms with Gasteiger partial charge in [0.25, 0.3) is 0 Å². The minimum Gasteiger partial charge on any atom is -0.466 e. The highest BCUT2D eigenvalue weighted by Gasteiger charge is 2.08. The third kappa shape index (κ3) is 12.1. The molecule has 0 amide bonds. The molecule has 0 fully saturated rings. The Morgan fingerprint density at radius 2 is 1.88 bits per heavy atom. The van der Waals surface area contributed by atoms with E-state index in [-0.39, 0.29) is 5.97 Å². The number of esters is 1. The number of hydrogen-bond acceptors (Lipinski definition) is 3. The van der Waals surface area contributed by atoms with E-state index in [1.807, 2.05) is 0 Å². The van der Waals surface area contributed by atoms with Crippen LogP contribution in [0.1, 0.15) is 65.7 Å². The zero-order valence-corrected chi connectivity index (χ0v) is 12.5. The lowest BCUT2D eigenvalue weighted by Gasteiger charge is -2.15. The summed E-state index contributed by atoms with van der Waals surface area (Å²) >= 11 is 2.06. The summed E-state index contributed by atoms with van der Waals surface area (Å²) in [5.41, 5.74) is 0. The average Bonchev–Trinajstić information content (AvgIpc) is 2.28. The first-order valence-electron chi connectivity index (χ1n) is 6.95. The second-order valence-corrected chi connectivity index (χ2v) is 5.88. The van der Waals surface area contributed by atoms with Crippen LogP contribution in [0.15, 0.2) is 0 Å². The van der Waals surface area contributed by atoms with Gasteiger partial charge in [-0.1, -0.05) is 39.5 Å². The van der Waals surface area contributed by atoms with Gasteiger partial charge in [-0.05, 0) is 25.0 Å². The molecule has 0 saturated heterocycles. The second-order valence-electron chi connectivity index (χ2n) is 4.47. The zero-order chi connectivity index (χ0) is 12.9. The molecule has 0 bridgehead atoms. The summed E-state index contributed by atoms with van der Waals surface area (Å²) < 4.78 is 5.01. The molecule has 2 nitrogen and oxygen atoms in total. The van der Waals surface area contributed by atoms with Gasteiger partial charge in [0.05, 0.1) is 6.61 Å². The Bertz CT molecular complexity index is 183. The molecule has 0 aliphatic carbocycles. The first kappa shape index (κ1) is 16.8. The van der Waals surface area contributed by atoms with Crippen molar-refractivity contribution in [1.29, 1.82) is 0 Å². The van der Waals surface area contributed by atoms with E-state index in [2.05, 4.69) is 25.6 Å². The lowest BCUT2D eigenvalue weighted by molar-refractivity contribution is -0.141. The monoisotopic (exact) mass is 260 g/mol. The van der Waals surface area contributed by atoms with Crippen LogP contribution in [0.5, 0.6) is 0 Å². The van der Waals surface area contributed by atoms with Crippen LogP contribution in [0.25, 0.3) is 0 Å². The van der Waals surface area contributed by atoms with Gasteiger partial charge in [-0.25, -0.2) is 0 Å². The third-order valence-electron chi connectivity index (χ3n) is 2.71. The SMILES string of the molecule is CCCCCCSC(CCC)CCOC(C)=O. The quantitative estimate of drug-likeness (QED) is 0.406. The number of carbonyl (C=O) groups is 1. The van der Waals surface area contributed by atoms with Crippen molar-refractivity contribution in [3.05, 3.63) is 0 Å². The highest BCUT2D eigenvalue weighted by atomic mass is 32.2. The molecule has 0 N–H and O–H groups in total. The average molecular weight is 260 g/mol. The summed E-state index contributed by atoms with van der Waals surface area (Å²) in [6, 6.07) is 0. The van der Waals surface area contributed by atoms with Gasteiger partial charge in [-0.3, -0.25) is 4.79 Å². The van der Waals surface area contributed by atoms with E-state index in [1.165, 1.54) is 51.2 Å². The topological polar surface area (TPSA) is 26.3 Å². The highest BCUT2D eigenvalue weighted by molar-refractivity contribution is 7.99. The Morgan fingerprint density at radius 3 is 2.47 bits per heavy atom. The summed E-state index contributed by atoms with van der Waals surface area (Å²) in [7, 11) is 0. The Hall–Kier alpha value is -0.180. The third-order valence-corrected chi connectivity index (χ3v) is 4.17. The van der Waals surface area contributed by atoms with E-state index >= 15 is 0 Å². The summed E-state index contributed by atoms with van der Waals surface area (Å²) in [5, 5.41) is 0.668. The van der Waals surface area contributed by atoms with E-state index in [0.717, 1.165) is 6.42 Å². The second kappa shape index (κ2) is 12.3. The maximum atomic E-state index is 10.7. The zero-order valence-electron chi connectivity index (χ0n) is 11.7.